The third kappa shape index (κ3) is 4.40. The Morgan fingerprint density at radius 2 is 1.97 bits per heavy atom. The van der Waals surface area contributed by atoms with Gasteiger partial charge in [0, 0.05) is 31.6 Å². The van der Waals surface area contributed by atoms with Crippen LogP contribution in [-0.2, 0) is 11.3 Å². The lowest BCUT2D eigenvalue weighted by Crippen LogP contribution is -2.44. The van der Waals surface area contributed by atoms with E-state index >= 15 is 0 Å². The number of aromatic nitrogens is 4. The van der Waals surface area contributed by atoms with E-state index in [0.717, 1.165) is 12.8 Å². The van der Waals surface area contributed by atoms with Crippen molar-refractivity contribution < 1.29 is 14.3 Å². The summed E-state index contributed by atoms with van der Waals surface area (Å²) < 4.78 is 12.4. The molecule has 2 aromatic heterocycles. The van der Waals surface area contributed by atoms with Gasteiger partial charge in [0.05, 0.1) is 30.9 Å². The molecule has 0 bridgehead atoms. The number of hydrogen-bond acceptors (Lipinski definition) is 7. The van der Waals surface area contributed by atoms with Crippen molar-refractivity contribution in [2.24, 2.45) is 0 Å². The Hall–Kier alpha value is -3.49. The zero-order valence-electron chi connectivity index (χ0n) is 16.7. The van der Waals surface area contributed by atoms with Gasteiger partial charge in [0.15, 0.2) is 0 Å². The fraction of sp³-hybridized carbons (Fsp3) is 0.381. The number of hydrogen-bond donors (Lipinski definition) is 0. The summed E-state index contributed by atoms with van der Waals surface area (Å²) >= 11 is 0. The maximum absolute atomic E-state index is 12.7. The Morgan fingerprint density at radius 3 is 2.77 bits per heavy atom. The number of rotatable bonds is 6. The highest BCUT2D eigenvalue weighted by molar-refractivity contribution is 5.77. The van der Waals surface area contributed by atoms with Crippen LogP contribution in [0.4, 0.5) is 0 Å². The van der Waals surface area contributed by atoms with E-state index in [-0.39, 0.29) is 24.0 Å². The highest BCUT2D eigenvalue weighted by atomic mass is 16.5. The predicted molar refractivity (Wildman–Crippen MR) is 109 cm³/mol. The minimum absolute atomic E-state index is 0.0100. The van der Waals surface area contributed by atoms with Crippen molar-refractivity contribution in [2.45, 2.75) is 31.9 Å². The van der Waals surface area contributed by atoms with Gasteiger partial charge in [0.2, 0.25) is 17.7 Å². The number of ether oxygens (including phenoxy) is 2. The quantitative estimate of drug-likeness (QED) is 0.610. The third-order valence-electron chi connectivity index (χ3n) is 5.14. The molecule has 156 valence electrons. The number of para-hydroxylation sites is 1. The molecule has 3 aromatic rings. The Balaban J connectivity index is 1.35. The Morgan fingerprint density at radius 1 is 1.17 bits per heavy atom. The number of likely N-dealkylation sites (tertiary alicyclic amines) is 1. The van der Waals surface area contributed by atoms with E-state index < -0.39 is 0 Å². The SMILES string of the molecule is COc1ccc(OC2CCCN(C(=O)CCn3cnc4ccccc4c3=O)C2)nn1. The molecule has 9 heteroatoms. The monoisotopic (exact) mass is 409 g/mol. The zero-order chi connectivity index (χ0) is 20.9. The fourth-order valence-electron chi connectivity index (χ4n) is 3.55. The van der Waals surface area contributed by atoms with E-state index in [1.807, 2.05) is 12.1 Å². The number of carbonyl (C=O) groups is 1. The molecular formula is C21H23N5O4. The normalized spacial score (nSPS) is 16.4. The van der Waals surface area contributed by atoms with Gasteiger partial charge in [-0.2, -0.15) is 0 Å². The van der Waals surface area contributed by atoms with Gasteiger partial charge in [-0.3, -0.25) is 14.2 Å². The van der Waals surface area contributed by atoms with E-state index in [9.17, 15) is 9.59 Å². The van der Waals surface area contributed by atoms with Gasteiger partial charge in [-0.15, -0.1) is 10.2 Å². The number of carbonyl (C=O) groups excluding carboxylic acids is 1. The van der Waals surface area contributed by atoms with E-state index in [0.29, 0.717) is 42.3 Å². The van der Waals surface area contributed by atoms with Crippen LogP contribution in [0.3, 0.4) is 0 Å². The lowest BCUT2D eigenvalue weighted by molar-refractivity contribution is -0.134. The smallest absolute Gasteiger partial charge is 0.261 e. The van der Waals surface area contributed by atoms with Gasteiger partial charge in [0.1, 0.15) is 6.10 Å². The van der Waals surface area contributed by atoms with Crippen molar-refractivity contribution in [2.75, 3.05) is 20.2 Å². The molecule has 1 atom stereocenters. The molecule has 4 rings (SSSR count). The van der Waals surface area contributed by atoms with Crippen molar-refractivity contribution in [3.05, 3.63) is 53.1 Å². The van der Waals surface area contributed by atoms with Gasteiger partial charge in [-0.25, -0.2) is 4.98 Å². The van der Waals surface area contributed by atoms with E-state index in [1.165, 1.54) is 18.0 Å². The molecule has 0 spiro atoms. The molecule has 0 radical (unpaired) electrons. The van der Waals surface area contributed by atoms with E-state index in [1.54, 1.807) is 29.2 Å². The van der Waals surface area contributed by atoms with Gasteiger partial charge in [-0.05, 0) is 25.0 Å². The van der Waals surface area contributed by atoms with Gasteiger partial charge in [-0.1, -0.05) is 12.1 Å². The summed E-state index contributed by atoms with van der Waals surface area (Å²) in [6.45, 7) is 1.46. The summed E-state index contributed by atoms with van der Waals surface area (Å²) in [5.41, 5.74) is 0.522. The molecule has 1 aromatic carbocycles. The van der Waals surface area contributed by atoms with Crippen LogP contribution < -0.4 is 15.0 Å². The standard InChI is InChI=1S/C21H23N5O4/c1-29-18-8-9-19(24-23-18)30-15-5-4-11-25(13-15)20(27)10-12-26-14-22-17-7-3-2-6-16(17)21(26)28/h2-3,6-9,14-15H,4-5,10-13H2,1H3. The number of fused-ring (bicyclic) bond motifs is 1. The first-order valence-electron chi connectivity index (χ1n) is 9.90. The average Bonchev–Trinajstić information content (AvgIpc) is 2.79. The van der Waals surface area contributed by atoms with Gasteiger partial charge < -0.3 is 14.4 Å². The Kier molecular flexibility index (Phi) is 5.87. The summed E-state index contributed by atoms with van der Waals surface area (Å²) in [5.74, 6) is 0.814. The summed E-state index contributed by atoms with van der Waals surface area (Å²) in [7, 11) is 1.53. The summed E-state index contributed by atoms with van der Waals surface area (Å²) in [5, 5.41) is 8.43. The number of methoxy groups -OCH3 is 1. The van der Waals surface area contributed by atoms with Crippen LogP contribution in [0.1, 0.15) is 19.3 Å². The largest absolute Gasteiger partial charge is 0.480 e. The van der Waals surface area contributed by atoms with Crippen LogP contribution >= 0.6 is 0 Å². The van der Waals surface area contributed by atoms with Gasteiger partial charge in [0.25, 0.3) is 5.56 Å². The minimum Gasteiger partial charge on any atom is -0.480 e. The van der Waals surface area contributed by atoms with Crippen LogP contribution in [-0.4, -0.2) is 56.9 Å². The van der Waals surface area contributed by atoms with Crippen molar-refractivity contribution in [1.29, 1.82) is 0 Å². The van der Waals surface area contributed by atoms with Crippen LogP contribution in [0, 0.1) is 0 Å². The minimum atomic E-state index is -0.143. The highest BCUT2D eigenvalue weighted by Crippen LogP contribution is 2.18. The molecule has 0 N–H and O–H groups in total. The predicted octanol–water partition coefficient (Wildman–Crippen LogP) is 1.66. The van der Waals surface area contributed by atoms with Crippen molar-refractivity contribution in [1.82, 2.24) is 24.6 Å². The first kappa shape index (κ1) is 19.8. The van der Waals surface area contributed by atoms with Crippen molar-refractivity contribution in [3.8, 4) is 11.8 Å². The number of aryl methyl sites for hydroxylation is 1. The maximum atomic E-state index is 12.7. The second-order valence-corrected chi connectivity index (χ2v) is 7.15. The molecule has 1 saturated heterocycles. The van der Waals surface area contributed by atoms with E-state index in [2.05, 4.69) is 15.2 Å². The molecule has 9 nitrogen and oxygen atoms in total. The lowest BCUT2D eigenvalue weighted by Gasteiger charge is -2.32. The maximum Gasteiger partial charge on any atom is 0.261 e. The van der Waals surface area contributed by atoms with E-state index in [4.69, 9.17) is 9.47 Å². The third-order valence-corrected chi connectivity index (χ3v) is 5.14. The second kappa shape index (κ2) is 8.89. The highest BCUT2D eigenvalue weighted by Gasteiger charge is 2.25. The molecule has 1 amide bonds. The molecule has 1 fully saturated rings. The molecule has 1 aliphatic rings. The molecule has 0 saturated carbocycles. The van der Waals surface area contributed by atoms with Crippen molar-refractivity contribution >= 4 is 16.8 Å². The molecule has 1 unspecified atom stereocenters. The topological polar surface area (TPSA) is 99.4 Å². The number of amides is 1. The summed E-state index contributed by atoms with van der Waals surface area (Å²) in [4.78, 5) is 31.4. The molecule has 0 aliphatic carbocycles. The second-order valence-electron chi connectivity index (χ2n) is 7.15. The molecule has 1 aliphatic heterocycles. The fourth-order valence-corrected chi connectivity index (χ4v) is 3.55. The van der Waals surface area contributed by atoms with Crippen molar-refractivity contribution in [3.63, 3.8) is 0 Å². The lowest BCUT2D eigenvalue weighted by atomic mass is 10.1. The first-order chi connectivity index (χ1) is 14.6. The first-order valence-corrected chi connectivity index (χ1v) is 9.90. The number of nitrogens with zero attached hydrogens (tertiary/aromatic N) is 5. The molecule has 3 heterocycles. The van der Waals surface area contributed by atoms with Crippen LogP contribution in [0.5, 0.6) is 11.8 Å². The van der Waals surface area contributed by atoms with Gasteiger partial charge >= 0.3 is 0 Å². The number of benzene rings is 1. The Bertz CT molecular complexity index is 1080. The average molecular weight is 409 g/mol. The zero-order valence-corrected chi connectivity index (χ0v) is 16.7. The Labute approximate surface area is 173 Å². The summed E-state index contributed by atoms with van der Waals surface area (Å²) in [6.07, 6.45) is 3.27. The van der Waals surface area contributed by atoms with Crippen LogP contribution in [0.15, 0.2) is 47.5 Å². The summed E-state index contributed by atoms with van der Waals surface area (Å²) in [6, 6.07) is 10.6. The molecule has 30 heavy (non-hydrogen) atoms. The molecular weight excluding hydrogens is 386 g/mol. The van der Waals surface area contributed by atoms with Crippen LogP contribution in [0.2, 0.25) is 0 Å². The number of piperidine rings is 1. The van der Waals surface area contributed by atoms with Crippen LogP contribution in [0.25, 0.3) is 10.9 Å².